The van der Waals surface area contributed by atoms with Crippen LogP contribution in [-0.2, 0) is 4.74 Å². The van der Waals surface area contributed by atoms with Crippen molar-refractivity contribution in [1.29, 1.82) is 0 Å². The van der Waals surface area contributed by atoms with Crippen LogP contribution in [0, 0.1) is 0 Å². The Morgan fingerprint density at radius 2 is 2.00 bits per heavy atom. The second-order valence-corrected chi connectivity index (χ2v) is 4.16. The number of carbonyl (C=O) groups is 1. The van der Waals surface area contributed by atoms with Crippen LogP contribution in [0.1, 0.15) is 27.2 Å². The number of amides is 1. The molecule has 0 saturated heterocycles. The lowest BCUT2D eigenvalue weighted by Crippen LogP contribution is -2.35. The van der Waals surface area contributed by atoms with E-state index in [2.05, 4.69) is 5.32 Å². The molecule has 0 aliphatic heterocycles. The van der Waals surface area contributed by atoms with E-state index in [-0.39, 0.29) is 6.42 Å². The number of hydrogen-bond donors (Lipinski definition) is 1. The van der Waals surface area contributed by atoms with Gasteiger partial charge in [0.05, 0.1) is 0 Å². The van der Waals surface area contributed by atoms with Crippen LogP contribution < -0.4 is 5.32 Å². The summed E-state index contributed by atoms with van der Waals surface area (Å²) in [6.07, 6.45) is -1.07. The Morgan fingerprint density at radius 3 is 2.31 bits per heavy atom. The average Bonchev–Trinajstić information content (AvgIpc) is 2.32. The van der Waals surface area contributed by atoms with Gasteiger partial charge in [-0.15, -0.1) is 0 Å². The Hall–Kier alpha value is -0.870. The van der Waals surface area contributed by atoms with Gasteiger partial charge in [-0.25, -0.2) is 13.6 Å². The molecule has 0 radical (unpaired) electrons. The Morgan fingerprint density at radius 1 is 1.54 bits per heavy atom. The molecular weight excluding hydrogens is 180 g/mol. The molecule has 1 aliphatic carbocycles. The molecule has 0 spiro atoms. The van der Waals surface area contributed by atoms with Crippen molar-refractivity contribution >= 4 is 6.09 Å². The van der Waals surface area contributed by atoms with E-state index in [1.807, 2.05) is 0 Å². The van der Waals surface area contributed by atoms with Gasteiger partial charge in [-0.1, -0.05) is 0 Å². The van der Waals surface area contributed by atoms with Crippen molar-refractivity contribution in [3.63, 3.8) is 0 Å². The zero-order valence-electron chi connectivity index (χ0n) is 7.86. The van der Waals surface area contributed by atoms with E-state index in [9.17, 15) is 13.6 Å². The molecule has 0 aromatic heterocycles. The minimum absolute atomic E-state index is 0.285. The average molecular weight is 193 g/mol. The van der Waals surface area contributed by atoms with Crippen LogP contribution in [-0.4, -0.2) is 23.7 Å². The van der Waals surface area contributed by atoms with Crippen LogP contribution in [0.4, 0.5) is 13.6 Å². The number of hydrogen-bond acceptors (Lipinski definition) is 2. The van der Waals surface area contributed by atoms with Gasteiger partial charge in [-0.2, -0.15) is 0 Å². The van der Waals surface area contributed by atoms with Crippen molar-refractivity contribution in [3.8, 4) is 0 Å². The normalized spacial score (nSPS) is 25.2. The monoisotopic (exact) mass is 193 g/mol. The number of nitrogens with one attached hydrogen (secondary N) is 1. The molecule has 1 amide bonds. The first-order valence-corrected chi connectivity index (χ1v) is 4.08. The number of ether oxygens (including phenoxy) is 1. The van der Waals surface area contributed by atoms with Gasteiger partial charge in [0.15, 0.2) is 0 Å². The molecule has 1 rings (SSSR count). The van der Waals surface area contributed by atoms with Crippen LogP contribution in [0.3, 0.4) is 0 Å². The Bertz CT molecular complexity index is 223. The summed E-state index contributed by atoms with van der Waals surface area (Å²) in [4.78, 5) is 10.9. The molecule has 1 N–H and O–H groups in total. The minimum atomic E-state index is -2.74. The molecule has 0 bridgehead atoms. The number of halogens is 2. The molecule has 3 nitrogen and oxygen atoms in total. The van der Waals surface area contributed by atoms with Gasteiger partial charge in [0, 0.05) is 6.42 Å². The summed E-state index contributed by atoms with van der Waals surface area (Å²) in [7, 11) is 0. The van der Waals surface area contributed by atoms with E-state index in [4.69, 9.17) is 4.74 Å². The van der Waals surface area contributed by atoms with Crippen LogP contribution in [0.2, 0.25) is 0 Å². The van der Waals surface area contributed by atoms with Gasteiger partial charge in [0.1, 0.15) is 11.6 Å². The van der Waals surface area contributed by atoms with E-state index in [1.165, 1.54) is 0 Å². The third-order valence-corrected chi connectivity index (χ3v) is 1.52. The molecule has 13 heavy (non-hydrogen) atoms. The second-order valence-electron chi connectivity index (χ2n) is 4.16. The Kier molecular flexibility index (Phi) is 2.21. The summed E-state index contributed by atoms with van der Waals surface area (Å²) in [5, 5.41) is 2.09. The first-order valence-electron chi connectivity index (χ1n) is 4.08. The SMILES string of the molecule is CC(C)(C)OC(=O)NC1CC1(F)F. The summed E-state index contributed by atoms with van der Waals surface area (Å²) < 4.78 is 29.4. The lowest BCUT2D eigenvalue weighted by atomic mass is 10.2. The molecular formula is C8H13F2NO2. The fourth-order valence-corrected chi connectivity index (χ4v) is 0.820. The fourth-order valence-electron chi connectivity index (χ4n) is 0.820. The third-order valence-electron chi connectivity index (χ3n) is 1.52. The zero-order valence-corrected chi connectivity index (χ0v) is 7.86. The first-order chi connectivity index (χ1) is 5.71. The molecule has 1 unspecified atom stereocenters. The summed E-state index contributed by atoms with van der Waals surface area (Å²) in [6.45, 7) is 5.03. The second kappa shape index (κ2) is 2.82. The van der Waals surface area contributed by atoms with E-state index < -0.39 is 23.7 Å². The molecule has 1 aliphatic rings. The molecule has 1 atom stereocenters. The highest BCUT2D eigenvalue weighted by Crippen LogP contribution is 2.41. The molecule has 1 saturated carbocycles. The highest BCUT2D eigenvalue weighted by molar-refractivity contribution is 5.68. The van der Waals surface area contributed by atoms with E-state index >= 15 is 0 Å². The third kappa shape index (κ3) is 3.16. The van der Waals surface area contributed by atoms with Crippen LogP contribution in [0.5, 0.6) is 0 Å². The Balaban J connectivity index is 2.28. The summed E-state index contributed by atoms with van der Waals surface area (Å²) in [5.41, 5.74) is -0.645. The molecule has 0 aromatic carbocycles. The topological polar surface area (TPSA) is 38.3 Å². The molecule has 0 heterocycles. The lowest BCUT2D eigenvalue weighted by Gasteiger charge is -2.19. The zero-order chi connectivity index (χ0) is 10.3. The highest BCUT2D eigenvalue weighted by Gasteiger charge is 2.58. The summed E-state index contributed by atoms with van der Waals surface area (Å²) in [6, 6.07) is -1.04. The summed E-state index contributed by atoms with van der Waals surface area (Å²) >= 11 is 0. The Labute approximate surface area is 75.4 Å². The van der Waals surface area contributed by atoms with E-state index in [0.29, 0.717) is 0 Å². The van der Waals surface area contributed by atoms with Crippen molar-refractivity contribution in [2.45, 2.75) is 44.8 Å². The highest BCUT2D eigenvalue weighted by atomic mass is 19.3. The standard InChI is InChI=1S/C8H13F2NO2/c1-7(2,3)13-6(12)11-5-4-8(5,9)10/h5H,4H2,1-3H3,(H,11,12). The lowest BCUT2D eigenvalue weighted by molar-refractivity contribution is 0.0465. The van der Waals surface area contributed by atoms with E-state index in [1.54, 1.807) is 20.8 Å². The number of alkyl halides is 2. The quantitative estimate of drug-likeness (QED) is 0.690. The molecule has 0 aromatic rings. The fraction of sp³-hybridized carbons (Fsp3) is 0.875. The van der Waals surface area contributed by atoms with Gasteiger partial charge in [0.25, 0.3) is 5.92 Å². The minimum Gasteiger partial charge on any atom is -0.444 e. The summed E-state index contributed by atoms with van der Waals surface area (Å²) in [5.74, 6) is -2.74. The maximum absolute atomic E-state index is 12.3. The van der Waals surface area contributed by atoms with Gasteiger partial charge in [-0.3, -0.25) is 0 Å². The molecule has 5 heteroatoms. The van der Waals surface area contributed by atoms with Crippen LogP contribution in [0.25, 0.3) is 0 Å². The van der Waals surface area contributed by atoms with Crippen LogP contribution in [0.15, 0.2) is 0 Å². The predicted octanol–water partition coefficient (Wildman–Crippen LogP) is 1.92. The van der Waals surface area contributed by atoms with E-state index in [0.717, 1.165) is 0 Å². The first kappa shape index (κ1) is 10.2. The van der Waals surface area contributed by atoms with Crippen molar-refractivity contribution in [1.82, 2.24) is 5.32 Å². The van der Waals surface area contributed by atoms with Gasteiger partial charge in [0.2, 0.25) is 0 Å². The number of rotatable bonds is 1. The molecule has 1 fully saturated rings. The van der Waals surface area contributed by atoms with Crippen molar-refractivity contribution in [2.24, 2.45) is 0 Å². The smallest absolute Gasteiger partial charge is 0.408 e. The van der Waals surface area contributed by atoms with Gasteiger partial charge < -0.3 is 10.1 Å². The maximum atomic E-state index is 12.3. The van der Waals surface area contributed by atoms with Crippen molar-refractivity contribution < 1.29 is 18.3 Å². The van der Waals surface area contributed by atoms with Crippen molar-refractivity contribution in [2.75, 3.05) is 0 Å². The number of alkyl carbamates (subject to hydrolysis) is 1. The van der Waals surface area contributed by atoms with Gasteiger partial charge in [-0.05, 0) is 20.8 Å². The van der Waals surface area contributed by atoms with Crippen molar-refractivity contribution in [3.05, 3.63) is 0 Å². The largest absolute Gasteiger partial charge is 0.444 e. The number of carbonyl (C=O) groups excluding carboxylic acids is 1. The van der Waals surface area contributed by atoms with Gasteiger partial charge >= 0.3 is 6.09 Å². The maximum Gasteiger partial charge on any atom is 0.408 e. The predicted molar refractivity (Wildman–Crippen MR) is 42.7 cm³/mol. The van der Waals surface area contributed by atoms with Crippen LogP contribution >= 0.6 is 0 Å². The molecule has 76 valence electrons.